The second-order valence-electron chi connectivity index (χ2n) is 18.8. The average Bonchev–Trinajstić information content (AvgIpc) is 3.88. The van der Waals surface area contributed by atoms with Gasteiger partial charge in [0.15, 0.2) is 0 Å². The Morgan fingerprint density at radius 2 is 0.897 bits per heavy atom. The Labute approximate surface area is 412 Å². The van der Waals surface area contributed by atoms with Crippen molar-refractivity contribution in [1.29, 1.82) is 0 Å². The maximum Gasteiger partial charge on any atom is 0.508 e. The molecule has 68 heavy (non-hydrogen) atoms. The molecule has 0 radical (unpaired) electrons. The molecule has 0 heterocycles. The molecular weight excluding hydrogens is 867 g/mol. The van der Waals surface area contributed by atoms with Crippen molar-refractivity contribution < 1.29 is 57.5 Å². The maximum atomic E-state index is 13.0. The van der Waals surface area contributed by atoms with E-state index in [4.69, 9.17) is 28.4 Å². The summed E-state index contributed by atoms with van der Waals surface area (Å²) in [4.78, 5) is 65.5. The number of esters is 4. The lowest BCUT2D eigenvalue weighted by atomic mass is 10.0. The van der Waals surface area contributed by atoms with Gasteiger partial charge in [-0.1, -0.05) is 141 Å². The van der Waals surface area contributed by atoms with Crippen molar-refractivity contribution in [2.24, 2.45) is 11.8 Å². The van der Waals surface area contributed by atoms with Gasteiger partial charge < -0.3 is 33.5 Å². The van der Waals surface area contributed by atoms with Crippen molar-refractivity contribution in [3.05, 3.63) is 24.3 Å². The number of aliphatic hydroxyl groups excluding tert-OH is 1. The van der Waals surface area contributed by atoms with Crippen molar-refractivity contribution in [1.82, 2.24) is 4.90 Å². The molecule has 1 fully saturated rings. The van der Waals surface area contributed by atoms with Crippen LogP contribution in [0.5, 0.6) is 0 Å². The predicted octanol–water partition coefficient (Wildman–Crippen LogP) is 12.5. The fourth-order valence-corrected chi connectivity index (χ4v) is 8.20. The fourth-order valence-electron chi connectivity index (χ4n) is 8.20. The van der Waals surface area contributed by atoms with Gasteiger partial charge in [-0.2, -0.15) is 0 Å². The van der Waals surface area contributed by atoms with E-state index in [0.29, 0.717) is 51.2 Å². The molecule has 0 aromatic heterocycles. The minimum atomic E-state index is -0.867. The molecule has 0 spiro atoms. The Bertz CT molecular complexity index is 1290. The number of hydrogen-bond acceptors (Lipinski definition) is 13. The molecule has 1 atom stereocenters. The van der Waals surface area contributed by atoms with Crippen LogP contribution in [0.15, 0.2) is 24.3 Å². The van der Waals surface area contributed by atoms with E-state index in [-0.39, 0.29) is 82.9 Å². The first kappa shape index (κ1) is 62.6. The van der Waals surface area contributed by atoms with Crippen molar-refractivity contribution in [3.63, 3.8) is 0 Å². The topological polar surface area (TPSA) is 164 Å². The van der Waals surface area contributed by atoms with Crippen LogP contribution in [0.2, 0.25) is 0 Å². The Kier molecular flexibility index (Phi) is 42.3. The summed E-state index contributed by atoms with van der Waals surface area (Å²) in [7, 11) is 0. The summed E-state index contributed by atoms with van der Waals surface area (Å²) in [5.74, 6) is -2.26. The smallest absolute Gasteiger partial charge is 0.465 e. The minimum absolute atomic E-state index is 0.0275. The van der Waals surface area contributed by atoms with Gasteiger partial charge in [0.05, 0.1) is 25.7 Å². The quantitative estimate of drug-likeness (QED) is 0.0265. The second-order valence-corrected chi connectivity index (χ2v) is 18.8. The molecule has 13 heteroatoms. The highest BCUT2D eigenvalue weighted by Gasteiger charge is 2.23. The number of rotatable bonds is 46. The molecule has 0 amide bonds. The molecule has 1 rings (SSSR count). The number of carbonyl (C=O) groups excluding carboxylic acids is 5. The van der Waals surface area contributed by atoms with Gasteiger partial charge in [-0.25, -0.2) is 4.79 Å². The predicted molar refractivity (Wildman–Crippen MR) is 269 cm³/mol. The van der Waals surface area contributed by atoms with E-state index in [1.165, 1.54) is 19.3 Å². The van der Waals surface area contributed by atoms with Crippen molar-refractivity contribution >= 4 is 30.0 Å². The van der Waals surface area contributed by atoms with Crippen molar-refractivity contribution in [3.8, 4) is 0 Å². The largest absolute Gasteiger partial charge is 0.508 e. The molecule has 1 unspecified atom stereocenters. The summed E-state index contributed by atoms with van der Waals surface area (Å²) in [6.07, 6.45) is 36.6. The van der Waals surface area contributed by atoms with Crippen LogP contribution in [0.4, 0.5) is 4.79 Å². The molecule has 1 N–H and O–H groups in total. The van der Waals surface area contributed by atoms with E-state index in [2.05, 4.69) is 50.0 Å². The van der Waals surface area contributed by atoms with Crippen LogP contribution in [0.25, 0.3) is 0 Å². The zero-order chi connectivity index (χ0) is 49.6. The Morgan fingerprint density at radius 1 is 0.485 bits per heavy atom. The lowest BCUT2D eigenvalue weighted by molar-refractivity contribution is -0.152. The molecule has 1 aliphatic rings. The monoisotopic (exact) mass is 964 g/mol. The highest BCUT2D eigenvalue weighted by molar-refractivity contribution is 5.70. The number of unbranched alkanes of at least 4 members (excludes halogenated alkanes) is 16. The summed E-state index contributed by atoms with van der Waals surface area (Å²) in [5, 5.41) is 9.53. The third kappa shape index (κ3) is 38.4. The van der Waals surface area contributed by atoms with Gasteiger partial charge in [0.25, 0.3) is 0 Å². The summed E-state index contributed by atoms with van der Waals surface area (Å²) < 4.78 is 33.1. The van der Waals surface area contributed by atoms with E-state index in [0.717, 1.165) is 135 Å². The van der Waals surface area contributed by atoms with Gasteiger partial charge in [-0.3, -0.25) is 24.1 Å². The van der Waals surface area contributed by atoms with Gasteiger partial charge in [-0.05, 0) is 77.0 Å². The van der Waals surface area contributed by atoms with E-state index in [9.17, 15) is 29.1 Å². The Hall–Kier alpha value is -3.45. The zero-order valence-electron chi connectivity index (χ0n) is 43.2. The summed E-state index contributed by atoms with van der Waals surface area (Å²) in [6, 6.07) is 0.367. The molecule has 1 aliphatic carbocycles. The number of nitrogens with zero attached hydrogens (tertiary/aromatic N) is 1. The molecule has 13 nitrogen and oxygen atoms in total. The van der Waals surface area contributed by atoms with Crippen molar-refractivity contribution in [2.45, 2.75) is 226 Å². The second kappa shape index (κ2) is 46.0. The molecule has 0 aliphatic heterocycles. The molecule has 0 bridgehead atoms. The zero-order valence-corrected chi connectivity index (χ0v) is 43.2. The molecule has 0 saturated heterocycles. The highest BCUT2D eigenvalue weighted by atomic mass is 16.7. The van der Waals surface area contributed by atoms with E-state index < -0.39 is 18.0 Å². The Balaban J connectivity index is 2.65. The first-order chi connectivity index (χ1) is 33.2. The van der Waals surface area contributed by atoms with Gasteiger partial charge in [0.1, 0.15) is 26.4 Å². The molecular formula is C55H97NO12. The summed E-state index contributed by atoms with van der Waals surface area (Å²) in [5.41, 5.74) is 0. The molecule has 1 saturated carbocycles. The third-order valence-electron chi connectivity index (χ3n) is 12.5. The van der Waals surface area contributed by atoms with E-state index >= 15 is 0 Å². The normalized spacial score (nSPS) is 13.4. The number of aliphatic hydroxyl groups is 1. The number of ether oxygens (including phenoxy) is 6. The van der Waals surface area contributed by atoms with Crippen LogP contribution in [-0.4, -0.2) is 105 Å². The first-order valence-electron chi connectivity index (χ1n) is 27.3. The van der Waals surface area contributed by atoms with Crippen LogP contribution in [-0.2, 0) is 47.6 Å². The fraction of sp³-hybridized carbons (Fsp3) is 0.836. The maximum absolute atomic E-state index is 13.0. The van der Waals surface area contributed by atoms with Crippen LogP contribution >= 0.6 is 0 Å². The lowest BCUT2D eigenvalue weighted by Gasteiger charge is -2.27. The van der Waals surface area contributed by atoms with E-state index in [1.807, 2.05) is 0 Å². The van der Waals surface area contributed by atoms with Crippen molar-refractivity contribution in [2.75, 3.05) is 59.3 Å². The number of allylic oxidation sites excluding steroid dienone is 4. The average molecular weight is 964 g/mol. The van der Waals surface area contributed by atoms with Gasteiger partial charge in [0, 0.05) is 50.7 Å². The Morgan fingerprint density at radius 3 is 1.40 bits per heavy atom. The molecule has 394 valence electrons. The standard InChI is InChI=1S/C55H97NO12/c1-4-7-10-13-14-15-16-17-18-19-20-21-22-25-28-37-53(60)66-45-49(47-68-55(62)63-42-40-56(39-41-57)50-33-29-30-34-50)46-67-54(61)38-31-32-48(43-64-51(58)35-26-23-11-8-5-2)44-65-52(59)36-27-24-12-9-6-3/h14-15,17-18,48-50,57H,4-13,16,19-47H2,1-3H3/b15-14-,18-17-. The lowest BCUT2D eigenvalue weighted by Crippen LogP contribution is -2.38. The molecule has 0 aromatic rings. The van der Waals surface area contributed by atoms with Gasteiger partial charge in [-0.15, -0.1) is 0 Å². The van der Waals surface area contributed by atoms with Gasteiger partial charge >= 0.3 is 30.0 Å². The third-order valence-corrected chi connectivity index (χ3v) is 12.5. The number of hydrogen-bond donors (Lipinski definition) is 1. The van der Waals surface area contributed by atoms with Crippen LogP contribution < -0.4 is 0 Å². The van der Waals surface area contributed by atoms with Gasteiger partial charge in [0.2, 0.25) is 0 Å². The summed E-state index contributed by atoms with van der Waals surface area (Å²) in [6.45, 7) is 7.43. The van der Waals surface area contributed by atoms with Crippen LogP contribution in [0, 0.1) is 11.8 Å². The SMILES string of the molecule is CCCCC/C=C\C/C=C\CCCCCCCC(=O)OCC(COC(=O)CCCC(COC(=O)CCCCCCC)COC(=O)CCCCCCC)COC(=O)OCCN(CCO)C1CCCC1. The van der Waals surface area contributed by atoms with Crippen LogP contribution in [0.1, 0.15) is 220 Å². The molecule has 0 aromatic carbocycles. The highest BCUT2D eigenvalue weighted by Crippen LogP contribution is 2.23. The van der Waals surface area contributed by atoms with Crippen LogP contribution in [0.3, 0.4) is 0 Å². The number of carbonyl (C=O) groups is 5. The minimum Gasteiger partial charge on any atom is -0.465 e. The first-order valence-corrected chi connectivity index (χ1v) is 27.3. The van der Waals surface area contributed by atoms with E-state index in [1.54, 1.807) is 0 Å². The summed E-state index contributed by atoms with van der Waals surface area (Å²) >= 11 is 0.